The molecule has 1 fully saturated rings. The minimum Gasteiger partial charge on any atom is -0.480 e. The van der Waals surface area contributed by atoms with E-state index in [-0.39, 0.29) is 11.1 Å². The molecule has 1 aromatic carbocycles. The first kappa shape index (κ1) is 14.2. The van der Waals surface area contributed by atoms with Gasteiger partial charge in [0.1, 0.15) is 12.6 Å². The summed E-state index contributed by atoms with van der Waals surface area (Å²) >= 11 is 0. The predicted molar refractivity (Wildman–Crippen MR) is 74.2 cm³/mol. The van der Waals surface area contributed by atoms with Crippen molar-refractivity contribution in [3.8, 4) is 0 Å². The molecule has 0 aliphatic carbocycles. The molecule has 1 atom stereocenters. The molecule has 1 N–H and O–H groups in total. The molecule has 0 radical (unpaired) electrons. The minimum atomic E-state index is -1.06. The van der Waals surface area contributed by atoms with Crippen LogP contribution in [0, 0.1) is 0 Å². The van der Waals surface area contributed by atoms with E-state index in [1.165, 1.54) is 17.0 Å². The van der Waals surface area contributed by atoms with Gasteiger partial charge in [-0.2, -0.15) is 0 Å². The molecule has 22 heavy (non-hydrogen) atoms. The van der Waals surface area contributed by atoms with Crippen molar-refractivity contribution in [1.82, 2.24) is 9.80 Å². The lowest BCUT2D eigenvalue weighted by atomic mass is 10.1. The van der Waals surface area contributed by atoms with Gasteiger partial charge in [0.2, 0.25) is 5.91 Å². The summed E-state index contributed by atoms with van der Waals surface area (Å²) in [5.74, 6) is -2.60. The molecule has 7 heteroatoms. The lowest BCUT2D eigenvalue weighted by Crippen LogP contribution is -2.46. The third-order valence-corrected chi connectivity index (χ3v) is 4.03. The second-order valence-corrected chi connectivity index (χ2v) is 5.33. The van der Waals surface area contributed by atoms with Gasteiger partial charge in [0.15, 0.2) is 0 Å². The van der Waals surface area contributed by atoms with E-state index in [2.05, 4.69) is 0 Å². The van der Waals surface area contributed by atoms with E-state index in [1.54, 1.807) is 12.1 Å². The molecule has 0 bridgehead atoms. The molecule has 0 unspecified atom stereocenters. The van der Waals surface area contributed by atoms with Crippen molar-refractivity contribution < 1.29 is 24.3 Å². The van der Waals surface area contributed by atoms with Crippen molar-refractivity contribution in [3.63, 3.8) is 0 Å². The highest BCUT2D eigenvalue weighted by atomic mass is 16.4. The van der Waals surface area contributed by atoms with E-state index >= 15 is 0 Å². The van der Waals surface area contributed by atoms with Crippen LogP contribution in [0.25, 0.3) is 0 Å². The molecule has 2 heterocycles. The normalized spacial score (nSPS) is 20.5. The molecular weight excluding hydrogens is 288 g/mol. The van der Waals surface area contributed by atoms with Crippen LogP contribution in [0.3, 0.4) is 0 Å². The zero-order valence-corrected chi connectivity index (χ0v) is 11.7. The zero-order chi connectivity index (χ0) is 15.9. The van der Waals surface area contributed by atoms with Crippen LogP contribution in [0.1, 0.15) is 33.6 Å². The van der Waals surface area contributed by atoms with Gasteiger partial charge in [0.25, 0.3) is 11.8 Å². The highest BCUT2D eigenvalue weighted by Crippen LogP contribution is 2.23. The number of fused-ring (bicyclic) bond motifs is 1. The van der Waals surface area contributed by atoms with E-state index in [0.29, 0.717) is 19.4 Å². The second kappa shape index (κ2) is 5.25. The number of carbonyl (C=O) groups excluding carboxylic acids is 3. The van der Waals surface area contributed by atoms with Gasteiger partial charge in [0, 0.05) is 6.54 Å². The number of imide groups is 1. The average Bonchev–Trinajstić information content (AvgIpc) is 3.08. The van der Waals surface area contributed by atoms with Gasteiger partial charge in [0.05, 0.1) is 11.1 Å². The Morgan fingerprint density at radius 2 is 1.73 bits per heavy atom. The predicted octanol–water partition coefficient (Wildman–Crippen LogP) is 0.358. The van der Waals surface area contributed by atoms with Crippen molar-refractivity contribution >= 4 is 23.7 Å². The highest BCUT2D eigenvalue weighted by molar-refractivity contribution is 6.22. The number of nitrogens with zero attached hydrogens (tertiary/aromatic N) is 2. The summed E-state index contributed by atoms with van der Waals surface area (Å²) in [7, 11) is 0. The lowest BCUT2D eigenvalue weighted by molar-refractivity contribution is -0.148. The van der Waals surface area contributed by atoms with E-state index < -0.39 is 36.3 Å². The van der Waals surface area contributed by atoms with Crippen molar-refractivity contribution in [2.45, 2.75) is 18.9 Å². The lowest BCUT2D eigenvalue weighted by Gasteiger charge is -2.23. The van der Waals surface area contributed by atoms with Gasteiger partial charge in [-0.15, -0.1) is 0 Å². The Bertz CT molecular complexity index is 649. The van der Waals surface area contributed by atoms with Gasteiger partial charge in [-0.25, -0.2) is 4.79 Å². The van der Waals surface area contributed by atoms with E-state index in [4.69, 9.17) is 5.11 Å². The number of aliphatic carboxylic acids is 1. The summed E-state index contributed by atoms with van der Waals surface area (Å²) in [5.41, 5.74) is 0.549. The molecule has 0 spiro atoms. The number of hydrogen-bond acceptors (Lipinski definition) is 4. The Morgan fingerprint density at radius 3 is 2.27 bits per heavy atom. The first-order valence-corrected chi connectivity index (χ1v) is 6.98. The molecule has 1 aromatic rings. The molecule has 2 aliphatic heterocycles. The fourth-order valence-corrected chi connectivity index (χ4v) is 2.93. The number of hydrogen-bond donors (Lipinski definition) is 1. The maximum atomic E-state index is 12.3. The molecule has 0 saturated carbocycles. The van der Waals surface area contributed by atoms with Gasteiger partial charge in [-0.05, 0) is 25.0 Å². The molecule has 1 saturated heterocycles. The van der Waals surface area contributed by atoms with Crippen molar-refractivity contribution in [2.24, 2.45) is 0 Å². The number of amides is 3. The van der Waals surface area contributed by atoms with Crippen LogP contribution in [0.15, 0.2) is 24.3 Å². The first-order valence-electron chi connectivity index (χ1n) is 6.98. The molecule has 7 nitrogen and oxygen atoms in total. The Morgan fingerprint density at radius 1 is 1.14 bits per heavy atom. The van der Waals surface area contributed by atoms with Crippen molar-refractivity contribution in [3.05, 3.63) is 35.4 Å². The Balaban J connectivity index is 1.77. The summed E-state index contributed by atoms with van der Waals surface area (Å²) in [6.45, 7) is -0.0882. The number of likely N-dealkylation sites (tertiary alicyclic amines) is 1. The zero-order valence-electron chi connectivity index (χ0n) is 11.7. The second-order valence-electron chi connectivity index (χ2n) is 5.33. The maximum Gasteiger partial charge on any atom is 0.326 e. The van der Waals surface area contributed by atoms with Crippen LogP contribution in [0.4, 0.5) is 0 Å². The van der Waals surface area contributed by atoms with E-state index in [1.807, 2.05) is 0 Å². The molecule has 114 valence electrons. The summed E-state index contributed by atoms with van der Waals surface area (Å²) in [6, 6.07) is 5.50. The SMILES string of the molecule is O=C(O)[C@H]1CCCN1C(=O)CN1C(=O)c2ccccc2C1=O. The molecule has 3 rings (SSSR count). The highest BCUT2D eigenvalue weighted by Gasteiger charge is 2.40. The Labute approximate surface area is 126 Å². The smallest absolute Gasteiger partial charge is 0.326 e. The summed E-state index contributed by atoms with van der Waals surface area (Å²) in [4.78, 5) is 49.9. The van der Waals surface area contributed by atoms with Gasteiger partial charge in [-0.3, -0.25) is 19.3 Å². The van der Waals surface area contributed by atoms with Crippen molar-refractivity contribution in [2.75, 3.05) is 13.1 Å². The number of rotatable bonds is 3. The van der Waals surface area contributed by atoms with E-state index in [0.717, 1.165) is 4.90 Å². The summed E-state index contributed by atoms with van der Waals surface area (Å²) in [6.07, 6.45) is 0.994. The quantitative estimate of drug-likeness (QED) is 0.813. The number of carbonyl (C=O) groups is 4. The van der Waals surface area contributed by atoms with Crippen LogP contribution >= 0.6 is 0 Å². The van der Waals surface area contributed by atoms with Crippen molar-refractivity contribution in [1.29, 1.82) is 0 Å². The number of carboxylic acids is 1. The fraction of sp³-hybridized carbons (Fsp3) is 0.333. The van der Waals surface area contributed by atoms with Gasteiger partial charge in [-0.1, -0.05) is 12.1 Å². The molecular formula is C15H14N2O5. The third-order valence-electron chi connectivity index (χ3n) is 4.03. The monoisotopic (exact) mass is 302 g/mol. The standard InChI is InChI=1S/C15H14N2O5/c18-12(16-7-3-6-11(16)15(21)22)8-17-13(19)9-4-1-2-5-10(9)14(17)20/h1-2,4-5,11H,3,6-8H2,(H,21,22)/t11-/m1/s1. The van der Waals surface area contributed by atoms with Crippen LogP contribution in [-0.2, 0) is 9.59 Å². The molecule has 0 aromatic heterocycles. The Hall–Kier alpha value is -2.70. The fourth-order valence-electron chi connectivity index (χ4n) is 2.93. The Kier molecular flexibility index (Phi) is 3.40. The van der Waals surface area contributed by atoms with Crippen LogP contribution in [0.2, 0.25) is 0 Å². The summed E-state index contributed by atoms with van der Waals surface area (Å²) in [5, 5.41) is 9.10. The average molecular weight is 302 g/mol. The number of benzene rings is 1. The first-order chi connectivity index (χ1) is 10.5. The van der Waals surface area contributed by atoms with Gasteiger partial charge < -0.3 is 10.0 Å². The van der Waals surface area contributed by atoms with Crippen LogP contribution in [0.5, 0.6) is 0 Å². The van der Waals surface area contributed by atoms with Gasteiger partial charge >= 0.3 is 5.97 Å². The van der Waals surface area contributed by atoms with Crippen LogP contribution in [-0.4, -0.2) is 57.7 Å². The summed E-state index contributed by atoms with van der Waals surface area (Å²) < 4.78 is 0. The van der Waals surface area contributed by atoms with Crippen LogP contribution < -0.4 is 0 Å². The maximum absolute atomic E-state index is 12.3. The largest absolute Gasteiger partial charge is 0.480 e. The molecule has 2 aliphatic rings. The van der Waals surface area contributed by atoms with E-state index in [9.17, 15) is 19.2 Å². The third kappa shape index (κ3) is 2.14. The number of carboxylic acid groups (broad SMARTS) is 1. The topological polar surface area (TPSA) is 95.0 Å². The minimum absolute atomic E-state index is 0.275. The molecule has 3 amide bonds.